The van der Waals surface area contributed by atoms with Crippen molar-refractivity contribution in [1.29, 1.82) is 0 Å². The zero-order valence-corrected chi connectivity index (χ0v) is 13.6. The average Bonchev–Trinajstić information content (AvgIpc) is 2.38. The number of hydrogen-bond donors (Lipinski definition) is 6. The first-order valence-corrected chi connectivity index (χ1v) is 6.29. The number of nitrogens with two attached hydrogens (primary N) is 1. The molecule has 6 N–H and O–H groups in total. The van der Waals surface area contributed by atoms with Crippen LogP contribution in [0.2, 0.25) is 0 Å². The van der Waals surface area contributed by atoms with Gasteiger partial charge in [0.15, 0.2) is 0 Å². The Kier molecular flexibility index (Phi) is 11.9. The smallest absolute Gasteiger partial charge is 0.322 e. The fourth-order valence-electron chi connectivity index (χ4n) is 1.16. The number of hydrogen-bond acceptors (Lipinski definition) is 6. The molecule has 11 heteroatoms. The number of amides is 2. The number of aliphatic carboxylic acids is 2. The van der Waals surface area contributed by atoms with Gasteiger partial charge in [0.2, 0.25) is 11.8 Å². The number of carboxylic acids is 2. The van der Waals surface area contributed by atoms with Gasteiger partial charge >= 0.3 is 11.9 Å². The van der Waals surface area contributed by atoms with Crippen LogP contribution >= 0.6 is 12.6 Å². The summed E-state index contributed by atoms with van der Waals surface area (Å²) in [6.07, 6.45) is -0.235. The Balaban J connectivity index is 0. The maximum Gasteiger partial charge on any atom is 0.322 e. The molecule has 0 aromatic heterocycles. The van der Waals surface area contributed by atoms with Crippen molar-refractivity contribution in [3.63, 3.8) is 0 Å². The molecule has 0 unspecified atom stereocenters. The first kappa shape index (κ1) is 22.0. The van der Waals surface area contributed by atoms with E-state index >= 15 is 0 Å². The number of thiol groups is 1. The molecule has 0 aromatic carbocycles. The van der Waals surface area contributed by atoms with Gasteiger partial charge in [-0.1, -0.05) is 0 Å². The summed E-state index contributed by atoms with van der Waals surface area (Å²) in [4.78, 5) is 43.7. The third kappa shape index (κ3) is 10.1. The quantitative estimate of drug-likeness (QED) is 0.187. The van der Waals surface area contributed by atoms with E-state index in [9.17, 15) is 19.2 Å². The molecule has 120 valence electrons. The van der Waals surface area contributed by atoms with Gasteiger partial charge < -0.3 is 26.6 Å². The van der Waals surface area contributed by atoms with Gasteiger partial charge in [-0.15, -0.1) is 0 Å². The van der Waals surface area contributed by atoms with E-state index in [2.05, 4.69) is 23.3 Å². The van der Waals surface area contributed by atoms with Gasteiger partial charge in [0, 0.05) is 29.2 Å². The minimum atomic E-state index is -1.22. The fourth-order valence-corrected chi connectivity index (χ4v) is 1.41. The minimum Gasteiger partial charge on any atom is -0.480 e. The van der Waals surface area contributed by atoms with E-state index in [-0.39, 0.29) is 35.7 Å². The topological polar surface area (TPSA) is 159 Å². The molecule has 0 aliphatic rings. The molecule has 0 aliphatic heterocycles. The maximum absolute atomic E-state index is 11.5. The number of carbonyl (C=O) groups excluding carboxylic acids is 2. The second-order valence-corrected chi connectivity index (χ2v) is 4.26. The van der Waals surface area contributed by atoms with E-state index in [0.717, 1.165) is 0 Å². The van der Waals surface area contributed by atoms with Crippen molar-refractivity contribution in [2.24, 2.45) is 5.73 Å². The van der Waals surface area contributed by atoms with Gasteiger partial charge in [0.1, 0.15) is 18.6 Å². The van der Waals surface area contributed by atoms with E-state index < -0.39 is 42.4 Å². The van der Waals surface area contributed by atoms with Crippen molar-refractivity contribution >= 4 is 53.5 Å². The molecule has 0 fully saturated rings. The monoisotopic (exact) mass is 387 g/mol. The zero-order chi connectivity index (χ0) is 15.7. The Labute approximate surface area is 136 Å². The molecular weight excluding hydrogens is 369 g/mol. The van der Waals surface area contributed by atoms with Crippen LogP contribution in [-0.2, 0) is 19.2 Å². The molecule has 2 atom stereocenters. The molecule has 0 heterocycles. The largest absolute Gasteiger partial charge is 0.480 e. The van der Waals surface area contributed by atoms with E-state index in [1.54, 1.807) is 0 Å². The van der Waals surface area contributed by atoms with Crippen LogP contribution < -0.4 is 16.4 Å². The third-order valence-corrected chi connectivity index (χ3v) is 2.61. The van der Waals surface area contributed by atoms with E-state index in [1.807, 2.05) is 0 Å². The van der Waals surface area contributed by atoms with Gasteiger partial charge in [-0.2, -0.15) is 12.6 Å². The van der Waals surface area contributed by atoms with Crippen molar-refractivity contribution in [2.75, 3.05) is 12.3 Å². The summed E-state index contributed by atoms with van der Waals surface area (Å²) in [5.74, 6) is -3.70. The number of rotatable bonds is 9. The predicted octanol–water partition coefficient (Wildman–Crippen LogP) is -2.59. The normalized spacial score (nSPS) is 12.5. The molecule has 2 amide bonds. The second-order valence-electron chi connectivity index (χ2n) is 3.90. The summed E-state index contributed by atoms with van der Waals surface area (Å²) in [6, 6.07) is -2.15. The summed E-state index contributed by atoms with van der Waals surface area (Å²) >= 11 is 3.87. The van der Waals surface area contributed by atoms with Crippen LogP contribution in [0.5, 0.6) is 0 Å². The van der Waals surface area contributed by atoms with Crippen LogP contribution in [0.4, 0.5) is 0 Å². The van der Waals surface area contributed by atoms with Gasteiger partial charge in [0.05, 0.1) is 0 Å². The maximum atomic E-state index is 11.5. The van der Waals surface area contributed by atoms with Crippen LogP contribution in [0, 0.1) is 0 Å². The van der Waals surface area contributed by atoms with Crippen LogP contribution in [-0.4, -0.2) is 75.4 Å². The standard InChI is InChI=1S/C10H17N3O6S.Se/c11-5(10(18)19)1-2-7(14)13-6(4-20)9(17)12-3-8(15)16;/h5-6,20H,1-4,11H2,(H,12,17)(H,13,14)(H,15,16)(H,18,19);/t5-,6-;/m0./s1. The molecule has 0 spiro atoms. The Bertz CT molecular complexity index is 395. The molecule has 2 radical (unpaired) electrons. The molecule has 0 aliphatic carbocycles. The molecule has 0 saturated heterocycles. The average molecular weight is 386 g/mol. The van der Waals surface area contributed by atoms with E-state index in [1.165, 1.54) is 0 Å². The van der Waals surface area contributed by atoms with Gasteiger partial charge in [-0.05, 0) is 6.42 Å². The van der Waals surface area contributed by atoms with E-state index in [4.69, 9.17) is 15.9 Å². The van der Waals surface area contributed by atoms with Crippen molar-refractivity contribution in [1.82, 2.24) is 10.6 Å². The van der Waals surface area contributed by atoms with E-state index in [0.29, 0.717) is 0 Å². The molecule has 0 rings (SSSR count). The Morgan fingerprint density at radius 2 is 1.76 bits per heavy atom. The third-order valence-electron chi connectivity index (χ3n) is 2.25. The molecule has 0 saturated carbocycles. The van der Waals surface area contributed by atoms with Gasteiger partial charge in [0.25, 0.3) is 0 Å². The van der Waals surface area contributed by atoms with Crippen LogP contribution in [0.15, 0.2) is 0 Å². The first-order valence-electron chi connectivity index (χ1n) is 5.66. The minimum absolute atomic E-state index is 0. The summed E-state index contributed by atoms with van der Waals surface area (Å²) in [5, 5.41) is 21.4. The Morgan fingerprint density at radius 1 is 1.19 bits per heavy atom. The summed E-state index contributed by atoms with van der Waals surface area (Å²) in [7, 11) is 0. The van der Waals surface area contributed by atoms with Crippen molar-refractivity contribution in [3.05, 3.63) is 0 Å². The fraction of sp³-hybridized carbons (Fsp3) is 0.600. The molecule has 0 aromatic rings. The van der Waals surface area contributed by atoms with Crippen LogP contribution in [0.1, 0.15) is 12.8 Å². The van der Waals surface area contributed by atoms with Gasteiger partial charge in [-0.3, -0.25) is 19.2 Å². The SMILES string of the molecule is N[C@@H](CCC(=O)N[C@@H](CS)C(=O)NCC(=O)O)C(=O)O.[Se]. The number of carboxylic acid groups (broad SMARTS) is 2. The second kappa shape index (κ2) is 11.4. The molecular formula is C10H17N3O6SSe. The number of nitrogens with one attached hydrogen (secondary N) is 2. The number of carbonyl (C=O) groups is 4. The summed E-state index contributed by atoms with van der Waals surface area (Å²) in [6.45, 7) is -0.567. The van der Waals surface area contributed by atoms with Crippen molar-refractivity contribution < 1.29 is 29.4 Å². The van der Waals surface area contributed by atoms with Crippen LogP contribution in [0.25, 0.3) is 0 Å². The van der Waals surface area contributed by atoms with Crippen molar-refractivity contribution in [3.8, 4) is 0 Å². The summed E-state index contributed by atoms with van der Waals surface area (Å²) < 4.78 is 0. The van der Waals surface area contributed by atoms with Gasteiger partial charge in [-0.25, -0.2) is 0 Å². The zero-order valence-electron chi connectivity index (χ0n) is 10.9. The van der Waals surface area contributed by atoms with Crippen LogP contribution in [0.3, 0.4) is 0 Å². The molecule has 9 nitrogen and oxygen atoms in total. The Morgan fingerprint density at radius 3 is 2.19 bits per heavy atom. The molecule has 0 bridgehead atoms. The molecule has 21 heavy (non-hydrogen) atoms. The first-order chi connectivity index (χ1) is 9.27. The predicted molar refractivity (Wildman–Crippen MR) is 77.0 cm³/mol. The van der Waals surface area contributed by atoms with Crippen molar-refractivity contribution in [2.45, 2.75) is 24.9 Å². The Hall–Kier alpha value is -1.29. The summed E-state index contributed by atoms with van der Waals surface area (Å²) in [5.41, 5.74) is 5.23.